The van der Waals surface area contributed by atoms with E-state index in [0.717, 1.165) is 48.4 Å². The predicted octanol–water partition coefficient (Wildman–Crippen LogP) is 5.30. The second-order valence-corrected chi connectivity index (χ2v) is 8.89. The highest BCUT2D eigenvalue weighted by molar-refractivity contribution is 6.00. The largest absolute Gasteiger partial charge is 0.493 e. The number of nitrogens with zero attached hydrogens (tertiary/aromatic N) is 2. The molecule has 1 aliphatic rings. The van der Waals surface area contributed by atoms with E-state index in [0.29, 0.717) is 23.6 Å². The summed E-state index contributed by atoms with van der Waals surface area (Å²) in [5.74, 6) is 1.93. The van der Waals surface area contributed by atoms with Gasteiger partial charge in [0.2, 0.25) is 0 Å². The van der Waals surface area contributed by atoms with Gasteiger partial charge in [-0.1, -0.05) is 35.4 Å². The van der Waals surface area contributed by atoms with Crippen molar-refractivity contribution >= 4 is 11.7 Å². The maximum atomic E-state index is 13.4. The lowest BCUT2D eigenvalue weighted by Gasteiger charge is -2.29. The minimum absolute atomic E-state index is 0.130. The highest BCUT2D eigenvalue weighted by Crippen LogP contribution is 2.30. The number of methoxy groups -OCH3 is 2. The number of ether oxygens (including phenoxy) is 2. The highest BCUT2D eigenvalue weighted by Gasteiger charge is 2.21. The molecule has 1 fully saturated rings. The number of anilines is 1. The summed E-state index contributed by atoms with van der Waals surface area (Å²) < 4.78 is 10.7. The normalized spacial score (nSPS) is 13.5. The van der Waals surface area contributed by atoms with Crippen molar-refractivity contribution in [1.29, 1.82) is 0 Å². The first kappa shape index (κ1) is 23.6. The van der Waals surface area contributed by atoms with E-state index in [1.165, 1.54) is 17.5 Å². The monoisotopic (exact) mass is 459 g/mol. The van der Waals surface area contributed by atoms with Gasteiger partial charge in [-0.25, -0.2) is 4.98 Å². The minimum atomic E-state index is -0.130. The Morgan fingerprint density at radius 2 is 1.62 bits per heavy atom. The molecular weight excluding hydrogens is 426 g/mol. The Hall–Kier alpha value is -3.54. The molecular formula is C28H33N3O3. The maximum absolute atomic E-state index is 13.4. The molecule has 6 nitrogen and oxygen atoms in total. The summed E-state index contributed by atoms with van der Waals surface area (Å²) >= 11 is 0. The van der Waals surface area contributed by atoms with Gasteiger partial charge in [-0.15, -0.1) is 0 Å². The van der Waals surface area contributed by atoms with Crippen molar-refractivity contribution < 1.29 is 14.3 Å². The lowest BCUT2D eigenvalue weighted by Crippen LogP contribution is -2.33. The third-order valence-corrected chi connectivity index (χ3v) is 6.22. The van der Waals surface area contributed by atoms with Gasteiger partial charge >= 0.3 is 0 Å². The molecule has 0 unspecified atom stereocenters. The molecule has 1 amide bonds. The summed E-state index contributed by atoms with van der Waals surface area (Å²) in [6.07, 6.45) is 5.35. The van der Waals surface area contributed by atoms with Crippen LogP contribution in [-0.2, 0) is 6.54 Å². The molecule has 0 radical (unpaired) electrons. The van der Waals surface area contributed by atoms with Crippen molar-refractivity contribution in [1.82, 2.24) is 10.3 Å². The first-order valence-electron chi connectivity index (χ1n) is 11.8. The summed E-state index contributed by atoms with van der Waals surface area (Å²) in [5.41, 5.74) is 5.94. The summed E-state index contributed by atoms with van der Waals surface area (Å²) in [6.45, 7) is 6.40. The van der Waals surface area contributed by atoms with Crippen LogP contribution in [0.5, 0.6) is 11.5 Å². The Balaban J connectivity index is 1.63. The van der Waals surface area contributed by atoms with Crippen LogP contribution >= 0.6 is 0 Å². The molecule has 2 heterocycles. The van der Waals surface area contributed by atoms with E-state index in [4.69, 9.17) is 14.5 Å². The van der Waals surface area contributed by atoms with Crippen molar-refractivity contribution in [3.8, 4) is 22.6 Å². The SMILES string of the molecule is COc1ccc(CNC(=O)c2cc(-c3cc(C)cc(C)c3)cnc2N2CCCCC2)cc1OC. The molecule has 6 heteroatoms. The van der Waals surface area contributed by atoms with Crippen LogP contribution in [-0.4, -0.2) is 38.2 Å². The molecule has 3 aromatic rings. The van der Waals surface area contributed by atoms with Gasteiger partial charge in [0.15, 0.2) is 11.5 Å². The van der Waals surface area contributed by atoms with Gasteiger partial charge in [-0.3, -0.25) is 4.79 Å². The number of piperidine rings is 1. The smallest absolute Gasteiger partial charge is 0.255 e. The summed E-state index contributed by atoms with van der Waals surface area (Å²) in [4.78, 5) is 20.5. The lowest BCUT2D eigenvalue weighted by atomic mass is 10.00. The molecule has 0 bridgehead atoms. The standard InChI is InChI=1S/C28H33N3O3/c1-19-12-20(2)14-22(13-19)23-16-24(27(29-18-23)31-10-6-5-7-11-31)28(32)30-17-21-8-9-25(33-3)26(15-21)34-4/h8-9,12-16,18H,5-7,10-11,17H2,1-4H3,(H,30,32). The Kier molecular flexibility index (Phi) is 7.36. The number of amides is 1. The number of pyridine rings is 1. The molecule has 0 spiro atoms. The van der Waals surface area contributed by atoms with E-state index in [-0.39, 0.29) is 5.91 Å². The Morgan fingerprint density at radius 1 is 0.912 bits per heavy atom. The number of carbonyl (C=O) groups excluding carboxylic acids is 1. The number of aryl methyl sites for hydroxylation is 2. The summed E-state index contributed by atoms with van der Waals surface area (Å²) in [5, 5.41) is 3.08. The molecule has 1 saturated heterocycles. The van der Waals surface area contributed by atoms with Crippen LogP contribution in [0.15, 0.2) is 48.7 Å². The molecule has 4 rings (SSSR count). The fraction of sp³-hybridized carbons (Fsp3) is 0.357. The van der Waals surface area contributed by atoms with Gasteiger partial charge in [0.1, 0.15) is 5.82 Å². The van der Waals surface area contributed by atoms with E-state index < -0.39 is 0 Å². The van der Waals surface area contributed by atoms with Gasteiger partial charge in [0, 0.05) is 31.4 Å². The fourth-order valence-corrected chi connectivity index (χ4v) is 4.55. The number of rotatable bonds is 7. The summed E-state index contributed by atoms with van der Waals surface area (Å²) in [7, 11) is 3.21. The van der Waals surface area contributed by atoms with E-state index in [9.17, 15) is 4.79 Å². The second-order valence-electron chi connectivity index (χ2n) is 8.89. The second kappa shape index (κ2) is 10.6. The lowest BCUT2D eigenvalue weighted by molar-refractivity contribution is 0.0951. The first-order chi connectivity index (χ1) is 16.5. The van der Waals surface area contributed by atoms with Crippen LogP contribution in [0, 0.1) is 13.8 Å². The van der Waals surface area contributed by atoms with Gasteiger partial charge in [0.25, 0.3) is 5.91 Å². The molecule has 1 aliphatic heterocycles. The number of hydrogen-bond acceptors (Lipinski definition) is 5. The van der Waals surface area contributed by atoms with Crippen molar-refractivity contribution in [2.45, 2.75) is 39.7 Å². The van der Waals surface area contributed by atoms with Gasteiger partial charge < -0.3 is 19.7 Å². The quantitative estimate of drug-likeness (QED) is 0.519. The predicted molar refractivity (Wildman–Crippen MR) is 136 cm³/mol. The van der Waals surface area contributed by atoms with E-state index >= 15 is 0 Å². The highest BCUT2D eigenvalue weighted by atomic mass is 16.5. The van der Waals surface area contributed by atoms with E-state index in [2.05, 4.69) is 42.3 Å². The van der Waals surface area contributed by atoms with Gasteiger partial charge in [0.05, 0.1) is 19.8 Å². The topological polar surface area (TPSA) is 63.7 Å². The zero-order valence-electron chi connectivity index (χ0n) is 20.5. The average Bonchev–Trinajstić information content (AvgIpc) is 2.86. The number of hydrogen-bond donors (Lipinski definition) is 1. The van der Waals surface area contributed by atoms with Crippen molar-refractivity contribution in [3.05, 3.63) is 70.9 Å². The van der Waals surface area contributed by atoms with E-state index in [1.807, 2.05) is 30.5 Å². The molecule has 0 atom stereocenters. The third kappa shape index (κ3) is 5.33. The number of carbonyl (C=O) groups is 1. The molecule has 34 heavy (non-hydrogen) atoms. The van der Waals surface area contributed by atoms with Crippen molar-refractivity contribution in [2.24, 2.45) is 0 Å². The zero-order valence-corrected chi connectivity index (χ0v) is 20.5. The number of aromatic nitrogens is 1. The average molecular weight is 460 g/mol. The van der Waals surface area contributed by atoms with Gasteiger partial charge in [-0.2, -0.15) is 0 Å². The van der Waals surface area contributed by atoms with Crippen LogP contribution in [0.3, 0.4) is 0 Å². The van der Waals surface area contributed by atoms with Crippen molar-refractivity contribution in [3.63, 3.8) is 0 Å². The van der Waals surface area contributed by atoms with Crippen LogP contribution in [0.4, 0.5) is 5.82 Å². The van der Waals surface area contributed by atoms with Crippen LogP contribution in [0.2, 0.25) is 0 Å². The third-order valence-electron chi connectivity index (χ3n) is 6.22. The van der Waals surface area contributed by atoms with Crippen molar-refractivity contribution in [2.75, 3.05) is 32.2 Å². The number of nitrogens with one attached hydrogen (secondary N) is 1. The Labute approximate surface area is 201 Å². The fourth-order valence-electron chi connectivity index (χ4n) is 4.55. The molecule has 0 aliphatic carbocycles. The molecule has 2 aromatic carbocycles. The number of benzene rings is 2. The summed E-state index contributed by atoms with van der Waals surface area (Å²) in [6, 6.07) is 14.1. The molecule has 1 N–H and O–H groups in total. The van der Waals surface area contributed by atoms with Gasteiger partial charge in [-0.05, 0) is 62.4 Å². The Morgan fingerprint density at radius 3 is 2.29 bits per heavy atom. The molecule has 1 aromatic heterocycles. The Bertz CT molecular complexity index is 1150. The first-order valence-corrected chi connectivity index (χ1v) is 11.8. The van der Waals surface area contributed by atoms with Crippen LogP contribution in [0.25, 0.3) is 11.1 Å². The van der Waals surface area contributed by atoms with E-state index in [1.54, 1.807) is 14.2 Å². The maximum Gasteiger partial charge on any atom is 0.255 e. The van der Waals surface area contributed by atoms with Crippen LogP contribution in [0.1, 0.15) is 46.3 Å². The minimum Gasteiger partial charge on any atom is -0.493 e. The van der Waals surface area contributed by atoms with Crippen LogP contribution < -0.4 is 19.7 Å². The molecule has 0 saturated carbocycles. The molecule has 178 valence electrons. The zero-order chi connectivity index (χ0) is 24.1.